The number of amides is 1. The third-order valence-corrected chi connectivity index (χ3v) is 3.41. The Kier molecular flexibility index (Phi) is 4.90. The van der Waals surface area contributed by atoms with Crippen molar-refractivity contribution in [1.82, 2.24) is 10.4 Å². The Morgan fingerprint density at radius 3 is 2.60 bits per heavy atom. The Morgan fingerprint density at radius 2 is 2.00 bits per heavy atom. The molecule has 2 rings (SSSR count). The quantitative estimate of drug-likeness (QED) is 0.534. The Balaban J connectivity index is 1.95. The average Bonchev–Trinajstić information content (AvgIpc) is 2.48. The number of pyridine rings is 1. The number of thioether (sulfide) groups is 1. The van der Waals surface area contributed by atoms with E-state index in [9.17, 15) is 4.79 Å². The van der Waals surface area contributed by atoms with E-state index in [-0.39, 0.29) is 5.91 Å². The van der Waals surface area contributed by atoms with Crippen LogP contribution in [0, 0.1) is 6.92 Å². The zero-order valence-electron chi connectivity index (χ0n) is 11.3. The minimum absolute atomic E-state index is 0.269. The average molecular weight is 285 g/mol. The largest absolute Gasteiger partial charge is 0.272 e. The summed E-state index contributed by atoms with van der Waals surface area (Å²) in [6.45, 7) is 1.87. The van der Waals surface area contributed by atoms with Crippen LogP contribution in [0.4, 0.5) is 0 Å². The van der Waals surface area contributed by atoms with Crippen LogP contribution in [0.15, 0.2) is 52.6 Å². The molecule has 102 valence electrons. The van der Waals surface area contributed by atoms with E-state index in [0.717, 1.165) is 11.3 Å². The summed E-state index contributed by atoms with van der Waals surface area (Å²) in [6.07, 6.45) is 5.18. The van der Waals surface area contributed by atoms with Crippen LogP contribution in [-0.4, -0.2) is 23.4 Å². The molecular formula is C15H15N3OS. The van der Waals surface area contributed by atoms with Gasteiger partial charge >= 0.3 is 0 Å². The van der Waals surface area contributed by atoms with Gasteiger partial charge in [0.05, 0.1) is 11.8 Å². The molecule has 1 N–H and O–H groups in total. The number of aromatic nitrogens is 1. The summed E-state index contributed by atoms with van der Waals surface area (Å²) in [6, 6.07) is 11.4. The van der Waals surface area contributed by atoms with E-state index >= 15 is 0 Å². The molecule has 0 saturated heterocycles. The first-order valence-corrected chi connectivity index (χ1v) is 7.31. The number of nitrogens with one attached hydrogen (secondary N) is 1. The van der Waals surface area contributed by atoms with Gasteiger partial charge in [-0.3, -0.25) is 9.78 Å². The maximum atomic E-state index is 11.8. The van der Waals surface area contributed by atoms with Gasteiger partial charge in [-0.1, -0.05) is 12.1 Å². The van der Waals surface area contributed by atoms with E-state index in [0.29, 0.717) is 5.56 Å². The predicted octanol–water partition coefficient (Wildman–Crippen LogP) is 2.88. The number of benzene rings is 1. The third kappa shape index (κ3) is 3.93. The molecular weight excluding hydrogens is 270 g/mol. The molecule has 20 heavy (non-hydrogen) atoms. The Hall–Kier alpha value is -2.14. The number of hydrogen-bond acceptors (Lipinski definition) is 4. The summed E-state index contributed by atoms with van der Waals surface area (Å²) < 4.78 is 0. The van der Waals surface area contributed by atoms with Crippen molar-refractivity contribution >= 4 is 23.9 Å². The fourth-order valence-corrected chi connectivity index (χ4v) is 1.93. The van der Waals surface area contributed by atoms with Crippen LogP contribution in [0.1, 0.15) is 21.6 Å². The van der Waals surface area contributed by atoms with Crippen molar-refractivity contribution in [2.24, 2.45) is 5.10 Å². The van der Waals surface area contributed by atoms with E-state index in [4.69, 9.17) is 0 Å². The molecule has 4 nitrogen and oxygen atoms in total. The molecule has 0 unspecified atom stereocenters. The van der Waals surface area contributed by atoms with E-state index in [1.165, 1.54) is 11.1 Å². The smallest absolute Gasteiger partial charge is 0.267 e. The van der Waals surface area contributed by atoms with Gasteiger partial charge in [0, 0.05) is 16.8 Å². The highest BCUT2D eigenvalue weighted by molar-refractivity contribution is 7.98. The minimum Gasteiger partial charge on any atom is -0.267 e. The third-order valence-electron chi connectivity index (χ3n) is 2.67. The molecule has 0 radical (unpaired) electrons. The van der Waals surface area contributed by atoms with Crippen molar-refractivity contribution in [3.05, 3.63) is 59.4 Å². The highest BCUT2D eigenvalue weighted by atomic mass is 32.2. The molecule has 1 amide bonds. The molecule has 0 bridgehead atoms. The van der Waals surface area contributed by atoms with Gasteiger partial charge < -0.3 is 0 Å². The molecule has 1 aromatic heterocycles. The fourth-order valence-electron chi connectivity index (χ4n) is 1.52. The monoisotopic (exact) mass is 285 g/mol. The van der Waals surface area contributed by atoms with Crippen molar-refractivity contribution < 1.29 is 4.79 Å². The number of hydrogen-bond donors (Lipinski definition) is 1. The summed E-state index contributed by atoms with van der Waals surface area (Å²) in [7, 11) is 0. The number of hydrazone groups is 1. The van der Waals surface area contributed by atoms with Gasteiger partial charge in [0.1, 0.15) is 0 Å². The zero-order valence-corrected chi connectivity index (χ0v) is 12.1. The fraction of sp³-hybridized carbons (Fsp3) is 0.133. The van der Waals surface area contributed by atoms with Crippen molar-refractivity contribution in [2.75, 3.05) is 6.26 Å². The summed E-state index contributed by atoms with van der Waals surface area (Å²) >= 11 is 1.68. The second kappa shape index (κ2) is 6.86. The van der Waals surface area contributed by atoms with Crippen LogP contribution in [0.3, 0.4) is 0 Å². The van der Waals surface area contributed by atoms with E-state index in [1.807, 2.05) is 37.4 Å². The molecule has 0 atom stereocenters. The van der Waals surface area contributed by atoms with E-state index < -0.39 is 0 Å². The second-order valence-electron chi connectivity index (χ2n) is 4.16. The maximum Gasteiger partial charge on any atom is 0.272 e. The minimum atomic E-state index is -0.269. The van der Waals surface area contributed by atoms with E-state index in [1.54, 1.807) is 30.1 Å². The summed E-state index contributed by atoms with van der Waals surface area (Å²) in [5.41, 5.74) is 4.78. The first-order chi connectivity index (χ1) is 9.69. The standard InChI is InChI=1S/C15H15N3OS/c1-11-3-6-13(10-16-11)15(19)18-17-9-12-4-7-14(20-2)8-5-12/h3-10H,1-2H3,(H,18,19). The number of carbonyl (C=O) groups excluding carboxylic acids is 1. The highest BCUT2D eigenvalue weighted by Crippen LogP contribution is 2.13. The molecule has 0 aliphatic carbocycles. The molecule has 0 aliphatic rings. The van der Waals surface area contributed by atoms with Crippen LogP contribution >= 0.6 is 11.8 Å². The van der Waals surface area contributed by atoms with Gasteiger partial charge in [0.2, 0.25) is 0 Å². The van der Waals surface area contributed by atoms with Gasteiger partial charge in [0.25, 0.3) is 5.91 Å². The lowest BCUT2D eigenvalue weighted by Crippen LogP contribution is -2.17. The maximum absolute atomic E-state index is 11.8. The molecule has 0 saturated carbocycles. The molecule has 2 aromatic rings. The van der Waals surface area contributed by atoms with Crippen molar-refractivity contribution in [2.45, 2.75) is 11.8 Å². The Bertz CT molecular complexity index is 606. The van der Waals surface area contributed by atoms with Crippen LogP contribution in [0.25, 0.3) is 0 Å². The second-order valence-corrected chi connectivity index (χ2v) is 5.04. The van der Waals surface area contributed by atoms with Crippen LogP contribution in [-0.2, 0) is 0 Å². The summed E-state index contributed by atoms with van der Waals surface area (Å²) in [4.78, 5) is 17.0. The van der Waals surface area contributed by atoms with Gasteiger partial charge in [-0.2, -0.15) is 5.10 Å². The zero-order chi connectivity index (χ0) is 14.4. The van der Waals surface area contributed by atoms with Crippen molar-refractivity contribution in [3.8, 4) is 0 Å². The first-order valence-electron chi connectivity index (χ1n) is 6.09. The van der Waals surface area contributed by atoms with Crippen molar-refractivity contribution in [1.29, 1.82) is 0 Å². The molecule has 1 aromatic carbocycles. The lowest BCUT2D eigenvalue weighted by molar-refractivity contribution is 0.0955. The lowest BCUT2D eigenvalue weighted by atomic mass is 10.2. The summed E-state index contributed by atoms with van der Waals surface area (Å²) in [5, 5.41) is 3.94. The number of carbonyl (C=O) groups is 1. The van der Waals surface area contributed by atoms with Gasteiger partial charge in [0.15, 0.2) is 0 Å². The van der Waals surface area contributed by atoms with E-state index in [2.05, 4.69) is 15.5 Å². The van der Waals surface area contributed by atoms with Gasteiger partial charge in [-0.05, 0) is 43.0 Å². The Labute approximate surface area is 122 Å². The Morgan fingerprint density at radius 1 is 1.25 bits per heavy atom. The topological polar surface area (TPSA) is 54.4 Å². The molecule has 1 heterocycles. The molecule has 0 spiro atoms. The summed E-state index contributed by atoms with van der Waals surface area (Å²) in [5.74, 6) is -0.269. The van der Waals surface area contributed by atoms with Crippen LogP contribution < -0.4 is 5.43 Å². The molecule has 0 aliphatic heterocycles. The van der Waals surface area contributed by atoms with Crippen molar-refractivity contribution in [3.63, 3.8) is 0 Å². The number of nitrogens with zero attached hydrogens (tertiary/aromatic N) is 2. The lowest BCUT2D eigenvalue weighted by Gasteiger charge is -2.00. The van der Waals surface area contributed by atoms with Gasteiger partial charge in [-0.25, -0.2) is 5.43 Å². The normalized spacial score (nSPS) is 10.7. The first kappa shape index (κ1) is 14.3. The highest BCUT2D eigenvalue weighted by Gasteiger charge is 2.03. The van der Waals surface area contributed by atoms with Gasteiger partial charge in [-0.15, -0.1) is 11.8 Å². The predicted molar refractivity (Wildman–Crippen MR) is 82.3 cm³/mol. The SMILES string of the molecule is CSc1ccc(C=NNC(=O)c2ccc(C)nc2)cc1. The number of rotatable bonds is 4. The van der Waals surface area contributed by atoms with Crippen LogP contribution in [0.2, 0.25) is 0 Å². The van der Waals surface area contributed by atoms with Crippen LogP contribution in [0.5, 0.6) is 0 Å². The number of aryl methyl sites for hydroxylation is 1. The molecule has 5 heteroatoms. The molecule has 0 fully saturated rings.